The number of nitrogens with zero attached hydrogens (tertiary/aromatic N) is 3. The molecule has 3 heterocycles. The zero-order valence-electron chi connectivity index (χ0n) is 15.6. The minimum absolute atomic E-state index is 0.240. The number of aromatic nitrogens is 1. The number of carbonyl (C=O) groups is 1. The van der Waals surface area contributed by atoms with E-state index in [1.165, 1.54) is 0 Å². The number of hydrogen-bond donors (Lipinski definition) is 1. The summed E-state index contributed by atoms with van der Waals surface area (Å²) in [7, 11) is 3.97. The second kappa shape index (κ2) is 8.74. The number of carbonyl (C=O) groups excluding carboxylic acids is 1. The fourth-order valence-corrected chi connectivity index (χ4v) is 3.31. The van der Waals surface area contributed by atoms with Crippen LogP contribution in [0.2, 0.25) is 0 Å². The maximum absolute atomic E-state index is 12.5. The summed E-state index contributed by atoms with van der Waals surface area (Å²) < 4.78 is 5.06. The summed E-state index contributed by atoms with van der Waals surface area (Å²) in [5.41, 5.74) is 2.13. The maximum Gasteiger partial charge on any atom is 0.222 e. The van der Waals surface area contributed by atoms with Crippen LogP contribution in [0.15, 0.2) is 41.3 Å². The smallest absolute Gasteiger partial charge is 0.222 e. The van der Waals surface area contributed by atoms with E-state index in [1.54, 1.807) is 12.5 Å². The summed E-state index contributed by atoms with van der Waals surface area (Å²) in [5, 5.41) is 3.57. The van der Waals surface area contributed by atoms with Crippen molar-refractivity contribution in [2.45, 2.75) is 38.1 Å². The van der Waals surface area contributed by atoms with Gasteiger partial charge in [0.1, 0.15) is 5.82 Å². The second-order valence-corrected chi connectivity index (χ2v) is 7.08. The Morgan fingerprint density at radius 1 is 1.31 bits per heavy atom. The Morgan fingerprint density at radius 2 is 2.19 bits per heavy atom. The van der Waals surface area contributed by atoms with Gasteiger partial charge < -0.3 is 19.5 Å². The van der Waals surface area contributed by atoms with E-state index in [-0.39, 0.29) is 5.91 Å². The summed E-state index contributed by atoms with van der Waals surface area (Å²) in [6.45, 7) is 1.66. The lowest BCUT2D eigenvalue weighted by atomic mass is 10.1. The molecule has 1 saturated heterocycles. The van der Waals surface area contributed by atoms with E-state index in [0.29, 0.717) is 12.5 Å². The highest BCUT2D eigenvalue weighted by Gasteiger charge is 2.20. The number of aryl methyl sites for hydroxylation is 1. The van der Waals surface area contributed by atoms with Crippen LogP contribution in [0.5, 0.6) is 0 Å². The lowest BCUT2D eigenvalue weighted by Gasteiger charge is -2.21. The maximum atomic E-state index is 12.5. The molecule has 26 heavy (non-hydrogen) atoms. The Hall–Kier alpha value is -2.50. The lowest BCUT2D eigenvalue weighted by molar-refractivity contribution is -0.131. The van der Waals surface area contributed by atoms with Gasteiger partial charge in [0.2, 0.25) is 5.91 Å². The molecule has 6 nitrogen and oxygen atoms in total. The largest absolute Gasteiger partial charge is 0.472 e. The highest BCUT2D eigenvalue weighted by Crippen LogP contribution is 2.19. The monoisotopic (exact) mass is 356 g/mol. The van der Waals surface area contributed by atoms with Gasteiger partial charge >= 0.3 is 0 Å². The van der Waals surface area contributed by atoms with Gasteiger partial charge in [0.15, 0.2) is 0 Å². The van der Waals surface area contributed by atoms with Crippen molar-refractivity contribution in [3.8, 4) is 0 Å². The van der Waals surface area contributed by atoms with Crippen molar-refractivity contribution in [2.24, 2.45) is 0 Å². The Balaban J connectivity index is 1.47. The fraction of sp³-hybridized carbons (Fsp3) is 0.500. The number of furan rings is 1. The SMILES string of the molecule is CN(C)c1ccc(N[C@H]2CCCN(C(=O)CCc3ccoc3)CC2)cn1. The third kappa shape index (κ3) is 5.00. The molecule has 1 aliphatic heterocycles. The number of hydrogen-bond acceptors (Lipinski definition) is 5. The molecular weight excluding hydrogens is 328 g/mol. The molecule has 1 N–H and O–H groups in total. The van der Waals surface area contributed by atoms with E-state index >= 15 is 0 Å². The molecule has 1 amide bonds. The number of likely N-dealkylation sites (tertiary alicyclic amines) is 1. The normalized spacial score (nSPS) is 17.6. The molecule has 0 radical (unpaired) electrons. The van der Waals surface area contributed by atoms with Crippen molar-refractivity contribution in [3.05, 3.63) is 42.5 Å². The molecule has 1 aliphatic rings. The molecule has 0 aromatic carbocycles. The van der Waals surface area contributed by atoms with Gasteiger partial charge in [0, 0.05) is 39.6 Å². The number of nitrogens with one attached hydrogen (secondary N) is 1. The van der Waals surface area contributed by atoms with Crippen LogP contribution < -0.4 is 10.2 Å². The fourth-order valence-electron chi connectivity index (χ4n) is 3.31. The first kappa shape index (κ1) is 18.3. The third-order valence-corrected chi connectivity index (χ3v) is 4.87. The summed E-state index contributed by atoms with van der Waals surface area (Å²) in [6, 6.07) is 6.39. The first-order chi connectivity index (χ1) is 12.6. The minimum Gasteiger partial charge on any atom is -0.472 e. The molecule has 3 rings (SSSR count). The average molecular weight is 356 g/mol. The van der Waals surface area contributed by atoms with Crippen LogP contribution >= 0.6 is 0 Å². The van der Waals surface area contributed by atoms with Gasteiger partial charge in [-0.1, -0.05) is 0 Å². The molecule has 1 atom stereocenters. The Kier molecular flexibility index (Phi) is 6.15. The minimum atomic E-state index is 0.240. The third-order valence-electron chi connectivity index (χ3n) is 4.87. The highest BCUT2D eigenvalue weighted by molar-refractivity contribution is 5.76. The lowest BCUT2D eigenvalue weighted by Crippen LogP contribution is -2.32. The summed E-state index contributed by atoms with van der Waals surface area (Å²) in [4.78, 5) is 20.9. The number of rotatable bonds is 6. The van der Waals surface area contributed by atoms with Crippen LogP contribution in [0.3, 0.4) is 0 Å². The van der Waals surface area contributed by atoms with E-state index in [0.717, 1.165) is 55.8 Å². The molecule has 0 spiro atoms. The summed E-state index contributed by atoms with van der Waals surface area (Å²) in [6.07, 6.45) is 9.61. The van der Waals surface area contributed by atoms with Crippen molar-refractivity contribution < 1.29 is 9.21 Å². The van der Waals surface area contributed by atoms with Crippen LogP contribution in [-0.4, -0.2) is 49.0 Å². The van der Waals surface area contributed by atoms with Gasteiger partial charge in [-0.2, -0.15) is 0 Å². The van der Waals surface area contributed by atoms with Gasteiger partial charge in [0.05, 0.1) is 24.4 Å². The predicted molar refractivity (Wildman–Crippen MR) is 103 cm³/mol. The van der Waals surface area contributed by atoms with Gasteiger partial charge in [-0.25, -0.2) is 4.98 Å². The summed E-state index contributed by atoms with van der Waals surface area (Å²) >= 11 is 0. The zero-order valence-corrected chi connectivity index (χ0v) is 15.6. The van der Waals surface area contributed by atoms with Crippen molar-refractivity contribution in [1.29, 1.82) is 0 Å². The molecule has 0 aliphatic carbocycles. The zero-order chi connectivity index (χ0) is 18.4. The topological polar surface area (TPSA) is 61.6 Å². The molecule has 2 aromatic rings. The molecule has 2 aromatic heterocycles. The molecule has 140 valence electrons. The van der Waals surface area contributed by atoms with E-state index < -0.39 is 0 Å². The molecule has 0 unspecified atom stereocenters. The molecular formula is C20H28N4O2. The van der Waals surface area contributed by atoms with Gasteiger partial charge in [-0.3, -0.25) is 4.79 Å². The quantitative estimate of drug-likeness (QED) is 0.861. The van der Waals surface area contributed by atoms with Crippen molar-refractivity contribution >= 4 is 17.4 Å². The first-order valence-electron chi connectivity index (χ1n) is 9.30. The second-order valence-electron chi connectivity index (χ2n) is 7.08. The Morgan fingerprint density at radius 3 is 2.88 bits per heavy atom. The van der Waals surface area contributed by atoms with Gasteiger partial charge in [0.25, 0.3) is 0 Å². The van der Waals surface area contributed by atoms with Gasteiger partial charge in [-0.15, -0.1) is 0 Å². The Bertz CT molecular complexity index is 682. The highest BCUT2D eigenvalue weighted by atomic mass is 16.3. The Labute approximate surface area is 155 Å². The van der Waals surface area contributed by atoms with E-state index in [4.69, 9.17) is 4.42 Å². The predicted octanol–water partition coefficient (Wildman–Crippen LogP) is 3.17. The molecule has 0 bridgehead atoms. The van der Waals surface area contributed by atoms with Crippen LogP contribution in [0.4, 0.5) is 11.5 Å². The molecule has 6 heteroatoms. The standard InChI is InChI=1S/C20H28N4O2/c1-23(2)19-7-6-18(14-21-19)22-17-4-3-11-24(12-9-17)20(25)8-5-16-10-13-26-15-16/h6-7,10,13-15,17,22H,3-5,8-9,11-12H2,1-2H3/t17-/m0/s1. The van der Waals surface area contributed by atoms with Crippen LogP contribution in [-0.2, 0) is 11.2 Å². The van der Waals surface area contributed by atoms with E-state index in [2.05, 4.69) is 16.4 Å². The number of pyridine rings is 1. The van der Waals surface area contributed by atoms with Crippen LogP contribution in [0.25, 0.3) is 0 Å². The van der Waals surface area contributed by atoms with Crippen LogP contribution in [0.1, 0.15) is 31.2 Å². The van der Waals surface area contributed by atoms with E-state index in [1.807, 2.05) is 42.2 Å². The average Bonchev–Trinajstić information content (AvgIpc) is 3.05. The molecule has 1 fully saturated rings. The first-order valence-corrected chi connectivity index (χ1v) is 9.30. The number of amides is 1. The van der Waals surface area contributed by atoms with Crippen molar-refractivity contribution in [2.75, 3.05) is 37.4 Å². The van der Waals surface area contributed by atoms with Crippen molar-refractivity contribution in [3.63, 3.8) is 0 Å². The number of anilines is 2. The van der Waals surface area contributed by atoms with Crippen molar-refractivity contribution in [1.82, 2.24) is 9.88 Å². The van der Waals surface area contributed by atoms with Crippen LogP contribution in [0, 0.1) is 0 Å². The van der Waals surface area contributed by atoms with Gasteiger partial charge in [-0.05, 0) is 49.4 Å². The summed E-state index contributed by atoms with van der Waals surface area (Å²) in [5.74, 6) is 1.19. The van der Waals surface area contributed by atoms with E-state index in [9.17, 15) is 4.79 Å². The molecule has 0 saturated carbocycles.